The maximum Gasteiger partial charge on any atom is 0.416 e. The molecular weight excluding hydrogens is 500 g/mol. The molecule has 1 fully saturated rings. The summed E-state index contributed by atoms with van der Waals surface area (Å²) in [7, 11) is 0. The zero-order valence-corrected chi connectivity index (χ0v) is 21.3. The molecule has 3 heterocycles. The lowest BCUT2D eigenvalue weighted by Crippen LogP contribution is -2.38. The first-order chi connectivity index (χ1) is 16.2. The first-order valence-electron chi connectivity index (χ1n) is 11.6. The summed E-state index contributed by atoms with van der Waals surface area (Å²) < 4.78 is 8.10. The number of rotatable bonds is 6. The summed E-state index contributed by atoms with van der Waals surface area (Å²) >= 11 is 3.53. The summed E-state index contributed by atoms with van der Waals surface area (Å²) in [5.74, 6) is 1.32. The highest BCUT2D eigenvalue weighted by Gasteiger charge is 2.29. The van der Waals surface area contributed by atoms with E-state index in [-0.39, 0.29) is 25.1 Å². The number of aliphatic hydroxyl groups excluding tert-OH is 1. The zero-order valence-electron chi connectivity index (χ0n) is 19.7. The monoisotopic (exact) mass is 530 g/mol. The van der Waals surface area contributed by atoms with Crippen molar-refractivity contribution < 1.29 is 14.6 Å². The van der Waals surface area contributed by atoms with Crippen molar-refractivity contribution in [2.24, 2.45) is 5.92 Å². The molecule has 3 aromatic rings. The first-order valence-corrected chi connectivity index (χ1v) is 12.4. The van der Waals surface area contributed by atoms with E-state index in [1.54, 1.807) is 28.0 Å². The lowest BCUT2D eigenvalue weighted by molar-refractivity contribution is 0.0575. The average molecular weight is 531 g/mol. The normalized spacial score (nSPS) is 18.6. The third kappa shape index (κ3) is 5.67. The Bertz CT molecular complexity index is 1130. The average Bonchev–Trinajstić information content (AvgIpc) is 3.17. The number of halogens is 1. The summed E-state index contributed by atoms with van der Waals surface area (Å²) in [5, 5.41) is 17.8. The predicted octanol–water partition coefficient (Wildman–Crippen LogP) is 4.79. The van der Waals surface area contributed by atoms with Crippen molar-refractivity contribution in [3.8, 4) is 0 Å². The largest absolute Gasteiger partial charge is 0.443 e. The molecule has 182 valence electrons. The molecule has 1 aliphatic carbocycles. The van der Waals surface area contributed by atoms with E-state index in [9.17, 15) is 9.90 Å². The van der Waals surface area contributed by atoms with Crippen molar-refractivity contribution in [2.45, 2.75) is 64.6 Å². The fraction of sp³-hybridized carbons (Fsp3) is 0.500. The van der Waals surface area contributed by atoms with Gasteiger partial charge in [-0.25, -0.2) is 9.78 Å². The third-order valence-electron chi connectivity index (χ3n) is 5.87. The van der Waals surface area contributed by atoms with Gasteiger partial charge in [0.1, 0.15) is 17.2 Å². The van der Waals surface area contributed by atoms with E-state index in [0.29, 0.717) is 21.8 Å². The number of carbonyl (C=O) groups is 1. The number of ether oxygens (including phenoxy) is 1. The van der Waals surface area contributed by atoms with E-state index in [4.69, 9.17) is 9.72 Å². The SMILES string of the molecule is CC(C)(C)OC(=O)N(Cc1ccncc1)c1cc(NC2CCCC[C@@H]2CO)nc2c(Br)cnn12. The van der Waals surface area contributed by atoms with Crippen LogP contribution in [-0.2, 0) is 11.3 Å². The highest BCUT2D eigenvalue weighted by molar-refractivity contribution is 9.10. The molecule has 1 saturated carbocycles. The molecule has 9 nitrogen and oxygen atoms in total. The number of hydrogen-bond acceptors (Lipinski definition) is 7. The van der Waals surface area contributed by atoms with Crippen LogP contribution in [0.3, 0.4) is 0 Å². The number of nitrogens with one attached hydrogen (secondary N) is 1. The van der Waals surface area contributed by atoms with Gasteiger partial charge in [-0.2, -0.15) is 9.61 Å². The molecule has 1 aliphatic rings. The molecule has 4 rings (SSSR count). The minimum Gasteiger partial charge on any atom is -0.443 e. The minimum atomic E-state index is -0.665. The van der Waals surface area contributed by atoms with Crippen LogP contribution in [0.15, 0.2) is 41.3 Å². The van der Waals surface area contributed by atoms with Crippen molar-refractivity contribution in [2.75, 3.05) is 16.8 Å². The fourth-order valence-electron chi connectivity index (χ4n) is 4.22. The second-order valence-electron chi connectivity index (χ2n) is 9.63. The van der Waals surface area contributed by atoms with E-state index in [1.807, 2.05) is 39.0 Å². The Balaban J connectivity index is 1.76. The van der Waals surface area contributed by atoms with Crippen molar-refractivity contribution in [3.63, 3.8) is 0 Å². The van der Waals surface area contributed by atoms with Crippen molar-refractivity contribution >= 4 is 39.3 Å². The smallest absolute Gasteiger partial charge is 0.416 e. The number of carbonyl (C=O) groups excluding carboxylic acids is 1. The molecule has 0 saturated heterocycles. The Morgan fingerprint density at radius 2 is 2.03 bits per heavy atom. The summed E-state index contributed by atoms with van der Waals surface area (Å²) in [4.78, 5) is 23.8. The molecule has 0 aromatic carbocycles. The highest BCUT2D eigenvalue weighted by Crippen LogP contribution is 2.31. The van der Waals surface area contributed by atoms with Crippen LogP contribution in [0.4, 0.5) is 16.4 Å². The second-order valence-corrected chi connectivity index (χ2v) is 10.5. The lowest BCUT2D eigenvalue weighted by Gasteiger charge is -2.32. The van der Waals surface area contributed by atoms with Crippen molar-refractivity contribution in [3.05, 3.63) is 46.8 Å². The number of pyridine rings is 1. The molecule has 1 amide bonds. The van der Waals surface area contributed by atoms with Crippen LogP contribution in [0.5, 0.6) is 0 Å². The number of hydrogen-bond donors (Lipinski definition) is 2. The topological polar surface area (TPSA) is 105 Å². The maximum atomic E-state index is 13.4. The molecule has 2 atom stereocenters. The Hall–Kier alpha value is -2.72. The summed E-state index contributed by atoms with van der Waals surface area (Å²) in [6, 6.07) is 5.66. The summed E-state index contributed by atoms with van der Waals surface area (Å²) in [5.41, 5.74) is 0.820. The van der Waals surface area contributed by atoms with Gasteiger partial charge in [0.25, 0.3) is 0 Å². The van der Waals surface area contributed by atoms with Crippen molar-refractivity contribution in [1.29, 1.82) is 0 Å². The second kappa shape index (κ2) is 10.3. The standard InChI is InChI=1S/C24H31BrN6O3/c1-24(2,3)34-23(33)30(14-16-8-10-26-11-9-16)21-12-20(29-22-18(25)13-27-31(21)22)28-19-7-5-4-6-17(19)15-32/h8-13,17,19,32H,4-7,14-15H2,1-3H3,(H,28,29)/t17-,19?/m1/s1. The number of nitrogens with zero attached hydrogens (tertiary/aromatic N) is 5. The Labute approximate surface area is 207 Å². The van der Waals surface area contributed by atoms with E-state index >= 15 is 0 Å². The Kier molecular flexibility index (Phi) is 7.37. The quantitative estimate of drug-likeness (QED) is 0.471. The predicted molar refractivity (Wildman–Crippen MR) is 134 cm³/mol. The van der Waals surface area contributed by atoms with Gasteiger partial charge in [-0.1, -0.05) is 12.8 Å². The number of aliphatic hydroxyl groups is 1. The van der Waals surface area contributed by atoms with Gasteiger partial charge < -0.3 is 15.2 Å². The van der Waals surface area contributed by atoms with Crippen LogP contribution in [0.2, 0.25) is 0 Å². The molecule has 34 heavy (non-hydrogen) atoms. The molecule has 0 aliphatic heterocycles. The molecule has 1 unspecified atom stereocenters. The lowest BCUT2D eigenvalue weighted by atomic mass is 9.85. The van der Waals surface area contributed by atoms with Gasteiger partial charge in [-0.3, -0.25) is 9.88 Å². The minimum absolute atomic E-state index is 0.110. The van der Waals surface area contributed by atoms with E-state index in [0.717, 1.165) is 31.2 Å². The van der Waals surface area contributed by atoms with E-state index in [2.05, 4.69) is 31.3 Å². The molecule has 10 heteroatoms. The van der Waals surface area contributed by atoms with Crippen LogP contribution >= 0.6 is 15.9 Å². The van der Waals surface area contributed by atoms with Crippen LogP contribution in [-0.4, -0.2) is 49.0 Å². The van der Waals surface area contributed by atoms with E-state index < -0.39 is 11.7 Å². The fourth-order valence-corrected chi connectivity index (χ4v) is 4.57. The molecule has 2 N–H and O–H groups in total. The molecule has 0 radical (unpaired) electrons. The number of anilines is 2. The molecule has 3 aromatic heterocycles. The summed E-state index contributed by atoms with van der Waals surface area (Å²) in [6.45, 7) is 5.93. The van der Waals surface area contributed by atoms with Crippen LogP contribution in [0.25, 0.3) is 5.65 Å². The highest BCUT2D eigenvalue weighted by atomic mass is 79.9. The van der Waals surface area contributed by atoms with Gasteiger partial charge >= 0.3 is 6.09 Å². The van der Waals surface area contributed by atoms with Gasteiger partial charge in [0.15, 0.2) is 5.65 Å². The third-order valence-corrected chi connectivity index (χ3v) is 6.43. The maximum absolute atomic E-state index is 13.4. The van der Waals surface area contributed by atoms with Crippen LogP contribution in [0, 0.1) is 5.92 Å². The van der Waals surface area contributed by atoms with Crippen molar-refractivity contribution in [1.82, 2.24) is 19.6 Å². The van der Waals surface area contributed by atoms with Gasteiger partial charge in [-0.15, -0.1) is 0 Å². The van der Waals surface area contributed by atoms with Crippen LogP contribution in [0.1, 0.15) is 52.0 Å². The zero-order chi connectivity index (χ0) is 24.3. The molecule has 0 spiro atoms. The first kappa shape index (κ1) is 24.4. The molecular formula is C24H31BrN6O3. The number of aromatic nitrogens is 4. The number of fused-ring (bicyclic) bond motifs is 1. The number of amides is 1. The van der Waals surface area contributed by atoms with Gasteiger partial charge in [0.05, 0.1) is 17.2 Å². The van der Waals surface area contributed by atoms with Gasteiger partial charge in [0.2, 0.25) is 0 Å². The Morgan fingerprint density at radius 3 is 2.74 bits per heavy atom. The van der Waals surface area contributed by atoms with Gasteiger partial charge in [0, 0.05) is 37.0 Å². The van der Waals surface area contributed by atoms with E-state index in [1.165, 1.54) is 0 Å². The van der Waals surface area contributed by atoms with Crippen LogP contribution < -0.4 is 10.2 Å². The Morgan fingerprint density at radius 1 is 1.29 bits per heavy atom. The molecule has 0 bridgehead atoms. The summed E-state index contributed by atoms with van der Waals surface area (Å²) in [6.07, 6.45) is 8.72. The van der Waals surface area contributed by atoms with Gasteiger partial charge in [-0.05, 0) is 67.2 Å².